The Labute approximate surface area is 194 Å². The number of aryl methyl sites for hydroxylation is 2. The molecule has 1 aromatic carbocycles. The van der Waals surface area contributed by atoms with Gasteiger partial charge in [-0.1, -0.05) is 6.07 Å². The number of anilines is 1. The van der Waals surface area contributed by atoms with E-state index in [-0.39, 0.29) is 5.91 Å². The van der Waals surface area contributed by atoms with Crippen molar-refractivity contribution in [1.29, 1.82) is 0 Å². The third kappa shape index (κ3) is 4.76. The van der Waals surface area contributed by atoms with E-state index in [2.05, 4.69) is 38.2 Å². The number of nitrogens with zero attached hydrogens (tertiary/aromatic N) is 5. The summed E-state index contributed by atoms with van der Waals surface area (Å²) < 4.78 is 10.0. The molecule has 2 aromatic heterocycles. The Hall–Kier alpha value is -2.87. The molecule has 3 heterocycles. The van der Waals surface area contributed by atoms with E-state index in [0.717, 1.165) is 42.8 Å². The van der Waals surface area contributed by atoms with Crippen LogP contribution >= 0.6 is 0 Å². The highest BCUT2D eigenvalue weighted by Gasteiger charge is 2.33. The summed E-state index contributed by atoms with van der Waals surface area (Å²) >= 11 is 0. The summed E-state index contributed by atoms with van der Waals surface area (Å²) in [5, 5.41) is 13.0. The average molecular weight is 451 g/mol. The van der Waals surface area contributed by atoms with Gasteiger partial charge in [-0.2, -0.15) is 5.10 Å². The molecule has 33 heavy (non-hydrogen) atoms. The summed E-state index contributed by atoms with van der Waals surface area (Å²) in [5.74, 6) is 1.62. The first kappa shape index (κ1) is 21.9. The molecule has 0 bridgehead atoms. The predicted octanol–water partition coefficient (Wildman–Crippen LogP) is 3.88. The average Bonchev–Trinajstić information content (AvgIpc) is 3.15. The van der Waals surface area contributed by atoms with Crippen LogP contribution in [-0.4, -0.2) is 49.1 Å². The van der Waals surface area contributed by atoms with Gasteiger partial charge >= 0.3 is 0 Å². The number of aromatic nitrogens is 4. The van der Waals surface area contributed by atoms with Gasteiger partial charge in [0.1, 0.15) is 5.82 Å². The van der Waals surface area contributed by atoms with Crippen LogP contribution in [0.3, 0.4) is 0 Å². The van der Waals surface area contributed by atoms with Crippen LogP contribution in [0.25, 0.3) is 10.9 Å². The zero-order valence-electron chi connectivity index (χ0n) is 20.1. The molecule has 3 aromatic rings. The van der Waals surface area contributed by atoms with Gasteiger partial charge in [-0.05, 0) is 83.2 Å². The van der Waals surface area contributed by atoms with Crippen LogP contribution in [0.15, 0.2) is 24.3 Å². The minimum Gasteiger partial charge on any atom is -0.460 e. The maximum Gasteiger partial charge on any atom is 0.269 e. The van der Waals surface area contributed by atoms with Gasteiger partial charge in [-0.15, -0.1) is 5.10 Å². The summed E-state index contributed by atoms with van der Waals surface area (Å²) in [4.78, 5) is 15.6. The molecular formula is C25H34N6O2. The van der Waals surface area contributed by atoms with Crippen molar-refractivity contribution in [3.63, 3.8) is 0 Å². The van der Waals surface area contributed by atoms with Gasteiger partial charge in [0, 0.05) is 26.2 Å². The number of amides is 1. The Kier molecular flexibility index (Phi) is 5.64. The number of fused-ring (bicyclic) bond motifs is 1. The number of hydrogen-bond acceptors (Lipinski definition) is 5. The summed E-state index contributed by atoms with van der Waals surface area (Å²) in [6.07, 6.45) is 5.05. The number of rotatable bonds is 8. The van der Waals surface area contributed by atoms with Crippen LogP contribution in [0.1, 0.15) is 50.8 Å². The maximum absolute atomic E-state index is 13.1. The molecule has 2 fully saturated rings. The van der Waals surface area contributed by atoms with E-state index in [4.69, 9.17) is 9.84 Å². The second-order valence-corrected chi connectivity index (χ2v) is 10.1. The van der Waals surface area contributed by atoms with Crippen LogP contribution in [0, 0.1) is 12.8 Å². The molecule has 1 N–H and O–H groups in total. The Morgan fingerprint density at radius 3 is 2.61 bits per heavy atom. The fourth-order valence-corrected chi connectivity index (χ4v) is 4.54. The lowest BCUT2D eigenvalue weighted by molar-refractivity contribution is -0.128. The lowest BCUT2D eigenvalue weighted by Gasteiger charge is -2.24. The van der Waals surface area contributed by atoms with Crippen LogP contribution in [0.2, 0.25) is 0 Å². The number of nitrogens with one attached hydrogen (secondary N) is 1. The van der Waals surface area contributed by atoms with Crippen molar-refractivity contribution in [2.75, 3.05) is 18.4 Å². The van der Waals surface area contributed by atoms with Crippen molar-refractivity contribution < 1.29 is 9.53 Å². The molecule has 8 nitrogen and oxygen atoms in total. The van der Waals surface area contributed by atoms with E-state index < -0.39 is 5.60 Å². The molecule has 176 valence electrons. The first-order chi connectivity index (χ1) is 15.8. The van der Waals surface area contributed by atoms with Gasteiger partial charge in [0.2, 0.25) is 5.88 Å². The molecule has 0 radical (unpaired) electrons. The number of likely N-dealkylation sites (tertiary alicyclic amines) is 1. The number of ether oxygens (including phenoxy) is 1. The van der Waals surface area contributed by atoms with Crippen LogP contribution in [0.4, 0.5) is 5.82 Å². The molecule has 8 heteroatoms. The smallest absolute Gasteiger partial charge is 0.269 e. The number of benzene rings is 1. The predicted molar refractivity (Wildman–Crippen MR) is 128 cm³/mol. The number of carbonyl (C=O) groups is 1. The van der Waals surface area contributed by atoms with Gasteiger partial charge < -0.3 is 10.1 Å². The van der Waals surface area contributed by atoms with Crippen molar-refractivity contribution in [2.45, 2.75) is 65.1 Å². The van der Waals surface area contributed by atoms with Crippen molar-refractivity contribution in [3.05, 3.63) is 35.5 Å². The van der Waals surface area contributed by atoms with Crippen LogP contribution in [-0.2, 0) is 24.9 Å². The first-order valence-corrected chi connectivity index (χ1v) is 12.0. The zero-order chi connectivity index (χ0) is 23.2. The Morgan fingerprint density at radius 2 is 1.94 bits per heavy atom. The van der Waals surface area contributed by atoms with Gasteiger partial charge in [0.05, 0.1) is 16.6 Å². The summed E-state index contributed by atoms with van der Waals surface area (Å²) in [6, 6.07) is 8.41. The highest BCUT2D eigenvalue weighted by Crippen LogP contribution is 2.35. The Balaban J connectivity index is 1.42. The fraction of sp³-hybridized carbons (Fsp3) is 0.560. The molecule has 0 spiro atoms. The third-order valence-corrected chi connectivity index (χ3v) is 6.66. The molecule has 0 atom stereocenters. The molecule has 5 rings (SSSR count). The number of hydrogen-bond donors (Lipinski definition) is 1. The molecule has 2 aliphatic rings. The molecular weight excluding hydrogens is 416 g/mol. The van der Waals surface area contributed by atoms with Gasteiger partial charge in [0.25, 0.3) is 5.91 Å². The minimum absolute atomic E-state index is 0.233. The van der Waals surface area contributed by atoms with Gasteiger partial charge in [-0.25, -0.2) is 0 Å². The molecule has 0 unspecified atom stereocenters. The maximum atomic E-state index is 13.1. The zero-order valence-corrected chi connectivity index (χ0v) is 20.1. The lowest BCUT2D eigenvalue weighted by Crippen LogP contribution is -2.43. The Bertz CT molecular complexity index is 1170. The normalized spacial score (nSPS) is 17.1. The van der Waals surface area contributed by atoms with Gasteiger partial charge in [-0.3, -0.25) is 19.1 Å². The second kappa shape index (κ2) is 8.48. The van der Waals surface area contributed by atoms with Crippen LogP contribution < -0.4 is 10.1 Å². The SMILES string of the molecule is Cc1cc(NC(=O)C(C)(C)Oc2nn(CC3CC3)c3ccc(CN4CCCC4)cc23)n(C)n1. The molecule has 1 saturated carbocycles. The van der Waals surface area contributed by atoms with Crippen molar-refractivity contribution >= 4 is 22.6 Å². The monoisotopic (exact) mass is 450 g/mol. The molecule has 1 aliphatic carbocycles. The third-order valence-electron chi connectivity index (χ3n) is 6.66. The topological polar surface area (TPSA) is 77.2 Å². The van der Waals surface area contributed by atoms with E-state index in [1.165, 1.54) is 31.2 Å². The standard InChI is InChI=1S/C25H34N6O2/c1-17-13-22(29(4)27-17)26-24(32)25(2,3)33-23-20-14-19(15-30-11-5-6-12-30)9-10-21(20)31(28-23)16-18-7-8-18/h9-10,13-14,18H,5-8,11-12,15-16H2,1-4H3,(H,26,32). The lowest BCUT2D eigenvalue weighted by atomic mass is 10.1. The number of carbonyl (C=O) groups excluding carboxylic acids is 1. The van der Waals surface area contributed by atoms with Crippen LogP contribution in [0.5, 0.6) is 5.88 Å². The first-order valence-electron chi connectivity index (χ1n) is 12.0. The minimum atomic E-state index is -1.10. The Morgan fingerprint density at radius 1 is 1.18 bits per heavy atom. The fourth-order valence-electron chi connectivity index (χ4n) is 4.54. The quantitative estimate of drug-likeness (QED) is 0.564. The van der Waals surface area contributed by atoms with E-state index in [1.54, 1.807) is 18.5 Å². The summed E-state index contributed by atoms with van der Waals surface area (Å²) in [7, 11) is 1.81. The van der Waals surface area contributed by atoms with Crippen molar-refractivity contribution in [3.8, 4) is 5.88 Å². The van der Waals surface area contributed by atoms with E-state index >= 15 is 0 Å². The highest BCUT2D eigenvalue weighted by molar-refractivity contribution is 5.97. The molecule has 1 saturated heterocycles. The van der Waals surface area contributed by atoms with Crippen molar-refractivity contribution in [1.82, 2.24) is 24.5 Å². The second-order valence-electron chi connectivity index (χ2n) is 10.1. The molecule has 1 aliphatic heterocycles. The van der Waals surface area contributed by atoms with E-state index in [9.17, 15) is 4.79 Å². The highest BCUT2D eigenvalue weighted by atomic mass is 16.5. The summed E-state index contributed by atoms with van der Waals surface area (Å²) in [5.41, 5.74) is 2.07. The van der Waals surface area contributed by atoms with Gasteiger partial charge in [0.15, 0.2) is 5.60 Å². The summed E-state index contributed by atoms with van der Waals surface area (Å²) in [6.45, 7) is 9.61. The largest absolute Gasteiger partial charge is 0.460 e. The van der Waals surface area contributed by atoms with E-state index in [1.807, 2.05) is 20.0 Å². The van der Waals surface area contributed by atoms with Crippen molar-refractivity contribution in [2.24, 2.45) is 13.0 Å². The van der Waals surface area contributed by atoms with E-state index in [0.29, 0.717) is 17.6 Å². The molecule has 1 amide bonds.